The van der Waals surface area contributed by atoms with Gasteiger partial charge in [0, 0.05) is 17.1 Å². The molecule has 0 spiro atoms. The molecule has 0 aliphatic carbocycles. The summed E-state index contributed by atoms with van der Waals surface area (Å²) in [4.78, 5) is 2.87. The van der Waals surface area contributed by atoms with E-state index in [-0.39, 0.29) is 5.75 Å². The summed E-state index contributed by atoms with van der Waals surface area (Å²) in [7, 11) is 0. The van der Waals surface area contributed by atoms with Crippen molar-refractivity contribution in [3.05, 3.63) is 29.7 Å². The Hall–Kier alpha value is -1.51. The van der Waals surface area contributed by atoms with E-state index in [1.54, 1.807) is 6.07 Å². The summed E-state index contributed by atoms with van der Waals surface area (Å²) >= 11 is 0. The maximum Gasteiger partial charge on any atom is 0.150 e. The van der Waals surface area contributed by atoms with Gasteiger partial charge in [0.2, 0.25) is 0 Å². The first-order valence-electron chi connectivity index (χ1n) is 3.64. The zero-order valence-corrected chi connectivity index (χ0v) is 6.56. The molecule has 1 aromatic carbocycles. The number of benzene rings is 1. The number of rotatable bonds is 0. The molecule has 0 amide bonds. The second kappa shape index (κ2) is 2.24. The smallest absolute Gasteiger partial charge is 0.150 e. The van der Waals surface area contributed by atoms with Gasteiger partial charge in [-0.15, -0.1) is 0 Å². The molecule has 0 saturated heterocycles. The van der Waals surface area contributed by atoms with Crippen molar-refractivity contribution >= 4 is 10.9 Å². The molecule has 2 rings (SSSR count). The lowest BCUT2D eigenvalue weighted by molar-refractivity contribution is 0.471. The molecule has 0 atom stereocenters. The summed E-state index contributed by atoms with van der Waals surface area (Å²) in [6.45, 7) is 1.84. The van der Waals surface area contributed by atoms with Crippen molar-refractivity contribution in [2.75, 3.05) is 0 Å². The maximum absolute atomic E-state index is 13.1. The second-order valence-electron chi connectivity index (χ2n) is 2.84. The highest BCUT2D eigenvalue weighted by atomic mass is 19.1. The molecule has 0 saturated carbocycles. The molecule has 1 aromatic heterocycles. The van der Waals surface area contributed by atoms with Crippen LogP contribution in [0.25, 0.3) is 10.9 Å². The number of hydrogen-bond donors (Lipinski definition) is 2. The number of fused-ring (bicyclic) bond motifs is 1. The van der Waals surface area contributed by atoms with E-state index in [9.17, 15) is 4.39 Å². The number of aromatic nitrogens is 1. The first-order valence-corrected chi connectivity index (χ1v) is 3.64. The van der Waals surface area contributed by atoms with Crippen molar-refractivity contribution in [3.8, 4) is 5.75 Å². The van der Waals surface area contributed by atoms with Gasteiger partial charge >= 0.3 is 0 Å². The minimum Gasteiger partial charge on any atom is -0.508 e. The summed E-state index contributed by atoms with van der Waals surface area (Å²) < 4.78 is 13.1. The monoisotopic (exact) mass is 165 g/mol. The Morgan fingerprint density at radius 1 is 1.33 bits per heavy atom. The number of hydrogen-bond acceptors (Lipinski definition) is 1. The highest BCUT2D eigenvalue weighted by molar-refractivity contribution is 5.82. The molecule has 0 fully saturated rings. The van der Waals surface area contributed by atoms with Crippen molar-refractivity contribution in [3.63, 3.8) is 0 Å². The Bertz CT molecular complexity index is 433. The maximum atomic E-state index is 13.1. The summed E-state index contributed by atoms with van der Waals surface area (Å²) in [6.07, 6.45) is 0. The average molecular weight is 165 g/mol. The molecule has 2 nitrogen and oxygen atoms in total. The van der Waals surface area contributed by atoms with Crippen LogP contribution in [0.1, 0.15) is 5.69 Å². The average Bonchev–Trinajstić information content (AvgIpc) is 2.29. The zero-order chi connectivity index (χ0) is 8.72. The molecule has 2 aromatic rings. The molecule has 12 heavy (non-hydrogen) atoms. The van der Waals surface area contributed by atoms with Gasteiger partial charge in [-0.25, -0.2) is 4.39 Å². The third-order valence-electron chi connectivity index (χ3n) is 1.80. The standard InChI is InChI=1S/C9H8FNO/c1-5-2-6-3-7(12)4-8(10)9(6)11-5/h2-4,11-12H,1H3. The first kappa shape index (κ1) is 7.16. The fraction of sp³-hybridized carbons (Fsp3) is 0.111. The lowest BCUT2D eigenvalue weighted by atomic mass is 10.2. The fourth-order valence-corrected chi connectivity index (χ4v) is 1.33. The van der Waals surface area contributed by atoms with E-state index in [0.717, 1.165) is 11.8 Å². The van der Waals surface area contributed by atoms with Gasteiger partial charge in [0.15, 0.2) is 5.82 Å². The van der Waals surface area contributed by atoms with E-state index >= 15 is 0 Å². The number of phenols is 1. The third kappa shape index (κ3) is 0.942. The van der Waals surface area contributed by atoms with Crippen molar-refractivity contribution in [1.82, 2.24) is 4.98 Å². The second-order valence-corrected chi connectivity index (χ2v) is 2.84. The topological polar surface area (TPSA) is 36.0 Å². The summed E-state index contributed by atoms with van der Waals surface area (Å²) in [5.74, 6) is -0.461. The van der Waals surface area contributed by atoms with Crippen LogP contribution < -0.4 is 0 Å². The first-order chi connectivity index (χ1) is 5.66. The lowest BCUT2D eigenvalue weighted by Gasteiger charge is -1.93. The number of nitrogens with one attached hydrogen (secondary N) is 1. The van der Waals surface area contributed by atoms with E-state index in [1.165, 1.54) is 6.07 Å². The van der Waals surface area contributed by atoms with Gasteiger partial charge in [-0.1, -0.05) is 0 Å². The third-order valence-corrected chi connectivity index (χ3v) is 1.80. The van der Waals surface area contributed by atoms with Crippen LogP contribution in [0.15, 0.2) is 18.2 Å². The van der Waals surface area contributed by atoms with Crippen LogP contribution in [0.3, 0.4) is 0 Å². The summed E-state index contributed by atoms with van der Waals surface area (Å²) in [5.41, 5.74) is 1.33. The minimum absolute atomic E-state index is 0.0426. The molecule has 0 aliphatic rings. The van der Waals surface area contributed by atoms with E-state index < -0.39 is 5.82 Å². The van der Waals surface area contributed by atoms with E-state index in [4.69, 9.17) is 5.11 Å². The number of aromatic amines is 1. The number of H-pyrrole nitrogens is 1. The van der Waals surface area contributed by atoms with Gasteiger partial charge in [0.05, 0.1) is 5.52 Å². The Balaban J connectivity index is 2.88. The molecule has 0 bridgehead atoms. The number of aryl methyl sites for hydroxylation is 1. The van der Waals surface area contributed by atoms with Gasteiger partial charge in [-0.3, -0.25) is 0 Å². The SMILES string of the molecule is Cc1cc2cc(O)cc(F)c2[nH]1. The molecule has 0 unspecified atom stereocenters. The van der Waals surface area contributed by atoms with Crippen molar-refractivity contribution in [1.29, 1.82) is 0 Å². The van der Waals surface area contributed by atoms with Crippen molar-refractivity contribution in [2.24, 2.45) is 0 Å². The molecule has 3 heteroatoms. The van der Waals surface area contributed by atoms with Crippen LogP contribution in [-0.2, 0) is 0 Å². The molecule has 62 valence electrons. The molecule has 2 N–H and O–H groups in total. The largest absolute Gasteiger partial charge is 0.508 e. The summed E-state index contributed by atoms with van der Waals surface area (Å²) in [6, 6.07) is 4.42. The highest BCUT2D eigenvalue weighted by Gasteiger charge is 2.04. The minimum atomic E-state index is -0.418. The predicted molar refractivity (Wildman–Crippen MR) is 44.7 cm³/mol. The highest BCUT2D eigenvalue weighted by Crippen LogP contribution is 2.23. The molecule has 1 heterocycles. The Kier molecular flexibility index (Phi) is 1.33. The lowest BCUT2D eigenvalue weighted by Crippen LogP contribution is -1.77. The van der Waals surface area contributed by atoms with Gasteiger partial charge in [0.1, 0.15) is 5.75 Å². The van der Waals surface area contributed by atoms with E-state index in [2.05, 4.69) is 4.98 Å². The van der Waals surface area contributed by atoms with E-state index in [0.29, 0.717) is 10.9 Å². The summed E-state index contributed by atoms with van der Waals surface area (Å²) in [5, 5.41) is 9.77. The fourth-order valence-electron chi connectivity index (χ4n) is 1.33. The van der Waals surface area contributed by atoms with Crippen molar-refractivity contribution in [2.45, 2.75) is 6.92 Å². The van der Waals surface area contributed by atoms with Crippen LogP contribution in [0.5, 0.6) is 5.75 Å². The normalized spacial score (nSPS) is 10.8. The molecule has 0 radical (unpaired) electrons. The zero-order valence-electron chi connectivity index (χ0n) is 6.56. The Morgan fingerprint density at radius 3 is 2.83 bits per heavy atom. The van der Waals surface area contributed by atoms with Crippen LogP contribution in [0, 0.1) is 12.7 Å². The van der Waals surface area contributed by atoms with Gasteiger partial charge in [0.25, 0.3) is 0 Å². The van der Waals surface area contributed by atoms with Crippen LogP contribution in [0.4, 0.5) is 4.39 Å². The van der Waals surface area contributed by atoms with Crippen molar-refractivity contribution < 1.29 is 9.50 Å². The number of phenolic OH excluding ortho intramolecular Hbond substituents is 1. The van der Waals surface area contributed by atoms with Crippen LogP contribution in [0.2, 0.25) is 0 Å². The molecule has 0 aliphatic heterocycles. The van der Waals surface area contributed by atoms with Gasteiger partial charge < -0.3 is 10.1 Å². The predicted octanol–water partition coefficient (Wildman–Crippen LogP) is 2.32. The van der Waals surface area contributed by atoms with Crippen LogP contribution in [-0.4, -0.2) is 10.1 Å². The Morgan fingerprint density at radius 2 is 2.08 bits per heavy atom. The quantitative estimate of drug-likeness (QED) is 0.617. The van der Waals surface area contributed by atoms with Gasteiger partial charge in [-0.2, -0.15) is 0 Å². The van der Waals surface area contributed by atoms with Gasteiger partial charge in [-0.05, 0) is 19.1 Å². The molecular formula is C9H8FNO. The van der Waals surface area contributed by atoms with Crippen LogP contribution >= 0.6 is 0 Å². The van der Waals surface area contributed by atoms with E-state index in [1.807, 2.05) is 6.92 Å². The number of halogens is 1. The Labute approximate surface area is 68.6 Å². The molecular weight excluding hydrogens is 157 g/mol. The number of aromatic hydroxyl groups is 1.